The fourth-order valence-corrected chi connectivity index (χ4v) is 5.10. The van der Waals surface area contributed by atoms with E-state index in [0.717, 1.165) is 21.8 Å². The molecule has 0 amide bonds. The Kier molecular flexibility index (Phi) is 5.17. The molecular weight excluding hydrogens is 386 g/mol. The quantitative estimate of drug-likeness (QED) is 0.626. The SMILES string of the molecule is COC(=O)C(c1ccccc1Cl)N1CCc2sc(S(=O)(=O)O)cc2C1. The summed E-state index contributed by atoms with van der Waals surface area (Å²) in [6.45, 7) is 0.912. The molecule has 2 heterocycles. The average molecular weight is 402 g/mol. The van der Waals surface area contributed by atoms with E-state index in [2.05, 4.69) is 0 Å². The number of hydrogen-bond acceptors (Lipinski definition) is 6. The number of hydrogen-bond donors (Lipinski definition) is 1. The van der Waals surface area contributed by atoms with Gasteiger partial charge in [-0.2, -0.15) is 8.42 Å². The predicted octanol–water partition coefficient (Wildman–Crippen LogP) is 2.92. The van der Waals surface area contributed by atoms with Gasteiger partial charge in [0, 0.05) is 23.0 Å². The van der Waals surface area contributed by atoms with Crippen LogP contribution >= 0.6 is 22.9 Å². The number of fused-ring (bicyclic) bond motifs is 1. The molecule has 134 valence electrons. The smallest absolute Gasteiger partial charge is 0.327 e. The minimum Gasteiger partial charge on any atom is -0.468 e. The average Bonchev–Trinajstić information content (AvgIpc) is 3.00. The molecule has 0 fully saturated rings. The molecule has 0 aliphatic carbocycles. The lowest BCUT2D eigenvalue weighted by atomic mass is 10.0. The van der Waals surface area contributed by atoms with Gasteiger partial charge >= 0.3 is 16.1 Å². The maximum Gasteiger partial charge on any atom is 0.327 e. The van der Waals surface area contributed by atoms with E-state index >= 15 is 0 Å². The third kappa shape index (κ3) is 3.73. The van der Waals surface area contributed by atoms with Gasteiger partial charge in [-0.3, -0.25) is 9.45 Å². The third-order valence-electron chi connectivity index (χ3n) is 4.12. The molecule has 1 N–H and O–H groups in total. The minimum absolute atomic E-state index is 0.0771. The van der Waals surface area contributed by atoms with Crippen molar-refractivity contribution < 1.29 is 22.5 Å². The Hall–Kier alpha value is -1.45. The van der Waals surface area contributed by atoms with Crippen LogP contribution in [0.3, 0.4) is 0 Å². The van der Waals surface area contributed by atoms with E-state index in [1.807, 2.05) is 4.90 Å². The maximum atomic E-state index is 12.4. The normalized spacial score (nSPS) is 16.3. The zero-order valence-corrected chi connectivity index (χ0v) is 15.7. The van der Waals surface area contributed by atoms with Crippen LogP contribution in [0.4, 0.5) is 0 Å². The number of rotatable bonds is 4. The van der Waals surface area contributed by atoms with E-state index in [4.69, 9.17) is 16.3 Å². The van der Waals surface area contributed by atoms with Crippen LogP contribution in [0.5, 0.6) is 0 Å². The Balaban J connectivity index is 1.95. The summed E-state index contributed by atoms with van der Waals surface area (Å²) in [7, 11) is -2.91. The summed E-state index contributed by atoms with van der Waals surface area (Å²) in [5.74, 6) is -0.429. The number of thiophene rings is 1. The Morgan fingerprint density at radius 3 is 2.76 bits per heavy atom. The number of halogens is 1. The van der Waals surface area contributed by atoms with E-state index in [1.165, 1.54) is 13.2 Å². The predicted molar refractivity (Wildman–Crippen MR) is 94.5 cm³/mol. The highest BCUT2D eigenvalue weighted by Gasteiger charge is 2.33. The Labute approximate surface area is 154 Å². The van der Waals surface area contributed by atoms with E-state index in [0.29, 0.717) is 30.1 Å². The highest BCUT2D eigenvalue weighted by Crippen LogP contribution is 2.36. The summed E-state index contributed by atoms with van der Waals surface area (Å²) in [6, 6.07) is 7.85. The molecule has 0 saturated carbocycles. The highest BCUT2D eigenvalue weighted by molar-refractivity contribution is 7.88. The largest absolute Gasteiger partial charge is 0.468 e. The number of ether oxygens (including phenoxy) is 1. The summed E-state index contributed by atoms with van der Waals surface area (Å²) >= 11 is 7.32. The van der Waals surface area contributed by atoms with Crippen molar-refractivity contribution in [2.24, 2.45) is 0 Å². The van der Waals surface area contributed by atoms with E-state index in [9.17, 15) is 17.8 Å². The number of carbonyl (C=O) groups is 1. The van der Waals surface area contributed by atoms with Gasteiger partial charge in [0.1, 0.15) is 10.3 Å². The van der Waals surface area contributed by atoms with Crippen molar-refractivity contribution in [2.75, 3.05) is 13.7 Å². The van der Waals surface area contributed by atoms with Crippen LogP contribution in [-0.4, -0.2) is 37.5 Å². The first-order valence-electron chi connectivity index (χ1n) is 7.46. The summed E-state index contributed by atoms with van der Waals surface area (Å²) in [6.07, 6.45) is 0.577. The van der Waals surface area contributed by atoms with Crippen molar-refractivity contribution in [1.29, 1.82) is 0 Å². The second-order valence-electron chi connectivity index (χ2n) is 5.66. The molecule has 3 rings (SSSR count). The van der Waals surface area contributed by atoms with E-state index < -0.39 is 22.1 Å². The summed E-state index contributed by atoms with van der Waals surface area (Å²) < 4.78 is 36.8. The first kappa shape index (κ1) is 18.3. The number of benzene rings is 1. The monoisotopic (exact) mass is 401 g/mol. The first-order chi connectivity index (χ1) is 11.8. The molecule has 0 saturated heterocycles. The third-order valence-corrected chi connectivity index (χ3v) is 7.00. The van der Waals surface area contributed by atoms with Crippen molar-refractivity contribution in [3.05, 3.63) is 51.4 Å². The molecule has 1 aliphatic rings. The van der Waals surface area contributed by atoms with Gasteiger partial charge in [0.15, 0.2) is 0 Å². The second kappa shape index (κ2) is 7.05. The van der Waals surface area contributed by atoms with Gasteiger partial charge in [-0.25, -0.2) is 4.79 Å². The fourth-order valence-electron chi connectivity index (χ4n) is 2.96. The van der Waals surface area contributed by atoms with Crippen LogP contribution in [0.25, 0.3) is 0 Å². The van der Waals surface area contributed by atoms with Crippen LogP contribution in [-0.2, 0) is 32.6 Å². The van der Waals surface area contributed by atoms with Crippen molar-refractivity contribution in [2.45, 2.75) is 23.2 Å². The molecule has 1 atom stereocenters. The lowest BCUT2D eigenvalue weighted by Gasteiger charge is -2.33. The number of carbonyl (C=O) groups excluding carboxylic acids is 1. The van der Waals surface area contributed by atoms with Gasteiger partial charge in [-0.15, -0.1) is 11.3 Å². The van der Waals surface area contributed by atoms with Crippen LogP contribution in [0.15, 0.2) is 34.5 Å². The number of esters is 1. The molecule has 0 radical (unpaired) electrons. The Bertz CT molecular complexity index is 909. The highest BCUT2D eigenvalue weighted by atomic mass is 35.5. The van der Waals surface area contributed by atoms with E-state index in [-0.39, 0.29) is 4.21 Å². The first-order valence-corrected chi connectivity index (χ1v) is 10.1. The zero-order valence-electron chi connectivity index (χ0n) is 13.3. The molecule has 1 unspecified atom stereocenters. The lowest BCUT2D eigenvalue weighted by Crippen LogP contribution is -2.38. The van der Waals surface area contributed by atoms with Crippen molar-refractivity contribution >= 4 is 39.0 Å². The molecule has 2 aromatic rings. The number of nitrogens with zero attached hydrogens (tertiary/aromatic N) is 1. The Morgan fingerprint density at radius 1 is 1.40 bits per heavy atom. The van der Waals surface area contributed by atoms with Crippen LogP contribution in [0.1, 0.15) is 22.0 Å². The standard InChI is InChI=1S/C16H16ClNO5S2/c1-23-16(19)15(11-4-2-3-5-12(11)17)18-7-6-13-10(9-18)8-14(24-13)25(20,21)22/h2-5,8,15H,6-7,9H2,1H3,(H,20,21,22). The number of methoxy groups -OCH3 is 1. The summed E-state index contributed by atoms with van der Waals surface area (Å²) in [5.41, 5.74) is 1.43. The molecule has 25 heavy (non-hydrogen) atoms. The van der Waals surface area contributed by atoms with Crippen molar-refractivity contribution in [3.63, 3.8) is 0 Å². The molecule has 0 spiro atoms. The van der Waals surface area contributed by atoms with Crippen LogP contribution in [0.2, 0.25) is 5.02 Å². The second-order valence-corrected chi connectivity index (χ2v) is 8.85. The summed E-state index contributed by atoms with van der Waals surface area (Å²) in [4.78, 5) is 15.2. The van der Waals surface area contributed by atoms with Gasteiger partial charge in [-0.05, 0) is 29.7 Å². The Morgan fingerprint density at radius 2 is 2.12 bits per heavy atom. The van der Waals surface area contributed by atoms with Gasteiger partial charge in [0.25, 0.3) is 0 Å². The van der Waals surface area contributed by atoms with Crippen molar-refractivity contribution in [1.82, 2.24) is 4.90 Å². The zero-order chi connectivity index (χ0) is 18.2. The van der Waals surface area contributed by atoms with Crippen LogP contribution < -0.4 is 0 Å². The van der Waals surface area contributed by atoms with Crippen molar-refractivity contribution in [3.8, 4) is 0 Å². The molecule has 1 aromatic carbocycles. The molecule has 9 heteroatoms. The van der Waals surface area contributed by atoms with Crippen LogP contribution in [0, 0.1) is 0 Å². The topological polar surface area (TPSA) is 83.9 Å². The maximum absolute atomic E-state index is 12.4. The summed E-state index contributed by atoms with van der Waals surface area (Å²) in [5, 5.41) is 0.465. The minimum atomic E-state index is -4.23. The molecule has 1 aromatic heterocycles. The molecule has 0 bridgehead atoms. The molecule has 6 nitrogen and oxygen atoms in total. The van der Waals surface area contributed by atoms with Gasteiger partial charge in [0.2, 0.25) is 0 Å². The fraction of sp³-hybridized carbons (Fsp3) is 0.312. The van der Waals surface area contributed by atoms with E-state index in [1.54, 1.807) is 24.3 Å². The lowest BCUT2D eigenvalue weighted by molar-refractivity contribution is -0.147. The van der Waals surface area contributed by atoms with Gasteiger partial charge in [-0.1, -0.05) is 29.8 Å². The molecule has 1 aliphatic heterocycles. The van der Waals surface area contributed by atoms with Gasteiger partial charge < -0.3 is 4.74 Å². The van der Waals surface area contributed by atoms with Gasteiger partial charge in [0.05, 0.1) is 7.11 Å². The molecular formula is C16H16ClNO5S2.